The minimum atomic E-state index is -2.79. The lowest BCUT2D eigenvalue weighted by molar-refractivity contribution is -0.384. The summed E-state index contributed by atoms with van der Waals surface area (Å²) in [5.74, 6) is -5.45. The van der Waals surface area contributed by atoms with E-state index in [0.717, 1.165) is 12.1 Å². The van der Waals surface area contributed by atoms with E-state index in [1.54, 1.807) is 0 Å². The van der Waals surface area contributed by atoms with Gasteiger partial charge in [-0.3, -0.25) is 14.9 Å². The molecule has 19 heteroatoms. The van der Waals surface area contributed by atoms with Gasteiger partial charge in [-0.05, 0) is 12.1 Å². The summed E-state index contributed by atoms with van der Waals surface area (Å²) in [6.45, 7) is -2.37. The molecule has 2 aliphatic rings. The Kier molecular flexibility index (Phi) is 11.7. The van der Waals surface area contributed by atoms with Gasteiger partial charge in [-0.15, -0.1) is 0 Å². The molecule has 2 aliphatic heterocycles. The molecule has 1 amide bonds. The first-order chi connectivity index (χ1) is 20.2. The molecule has 0 spiro atoms. The van der Waals surface area contributed by atoms with Crippen LogP contribution in [0.25, 0.3) is 0 Å². The Morgan fingerprint density at radius 1 is 1.14 bits per heavy atom. The fraction of sp³-hybridized carbons (Fsp3) is 0.667. The Labute approximate surface area is 242 Å². The van der Waals surface area contributed by atoms with Crippen molar-refractivity contribution in [3.63, 3.8) is 0 Å². The van der Waals surface area contributed by atoms with E-state index in [0.29, 0.717) is 0 Å². The van der Waals surface area contributed by atoms with E-state index in [-0.39, 0.29) is 11.4 Å². The van der Waals surface area contributed by atoms with Crippen LogP contribution in [-0.4, -0.2) is 152 Å². The molecule has 1 aromatic carbocycles. The molecule has 19 nitrogen and oxygen atoms in total. The molecular weight excluding hydrogens is 588 g/mol. The molecule has 1 aromatic rings. The molecule has 0 unspecified atom stereocenters. The van der Waals surface area contributed by atoms with Crippen molar-refractivity contribution >= 4 is 17.6 Å². The number of carbonyl (C=O) groups is 2. The van der Waals surface area contributed by atoms with Crippen molar-refractivity contribution in [2.24, 2.45) is 0 Å². The number of nitrogens with zero attached hydrogens (tertiary/aromatic N) is 1. The SMILES string of the molecule is COCC(=O)N[C@H]1[C@H]([C@H](O)[C@H](O)CO)O[C@@](OC[C@H]2O[C@@H](Oc3ccc([N+](=O)[O-])cc3)[C@H](O)[C@@H](O)[C@H]2O)(C(=O)O)C[C@@H]1O. The Morgan fingerprint density at radius 3 is 2.35 bits per heavy atom. The molecule has 2 fully saturated rings. The zero-order valence-electron chi connectivity index (χ0n) is 22.6. The molecule has 2 saturated heterocycles. The number of hydrogen-bond acceptors (Lipinski definition) is 16. The number of aliphatic hydroxyl groups is 7. The minimum absolute atomic E-state index is 0.0283. The Bertz CT molecular complexity index is 1110. The van der Waals surface area contributed by atoms with E-state index in [4.69, 9.17) is 23.7 Å². The highest BCUT2D eigenvalue weighted by Gasteiger charge is 2.57. The van der Waals surface area contributed by atoms with Gasteiger partial charge < -0.3 is 69.9 Å². The van der Waals surface area contributed by atoms with Gasteiger partial charge in [-0.25, -0.2) is 4.79 Å². The number of non-ortho nitro benzene ring substituents is 1. The Morgan fingerprint density at radius 2 is 1.79 bits per heavy atom. The molecule has 2 heterocycles. The quantitative estimate of drug-likeness (QED) is 0.0740. The number of benzene rings is 1. The van der Waals surface area contributed by atoms with E-state index in [1.807, 2.05) is 0 Å². The number of amides is 1. The van der Waals surface area contributed by atoms with Gasteiger partial charge in [0.1, 0.15) is 55.1 Å². The van der Waals surface area contributed by atoms with Crippen molar-refractivity contribution in [3.05, 3.63) is 34.4 Å². The van der Waals surface area contributed by atoms with Crippen molar-refractivity contribution in [3.8, 4) is 5.75 Å². The molecule has 11 atom stereocenters. The van der Waals surface area contributed by atoms with Gasteiger partial charge in [-0.1, -0.05) is 0 Å². The molecule has 242 valence electrons. The zero-order valence-corrected chi connectivity index (χ0v) is 22.6. The van der Waals surface area contributed by atoms with Crippen molar-refractivity contribution < 1.29 is 79.0 Å². The first-order valence-electron chi connectivity index (χ1n) is 12.8. The lowest BCUT2D eigenvalue weighted by Crippen LogP contribution is -2.68. The summed E-state index contributed by atoms with van der Waals surface area (Å²) < 4.78 is 26.6. The first kappa shape index (κ1) is 34.4. The molecule has 0 saturated carbocycles. The summed E-state index contributed by atoms with van der Waals surface area (Å²) in [5, 5.41) is 95.1. The number of hydrogen-bond donors (Lipinski definition) is 9. The highest BCUT2D eigenvalue weighted by Crippen LogP contribution is 2.35. The molecule has 0 bridgehead atoms. The number of nitro groups is 1. The van der Waals surface area contributed by atoms with Crippen LogP contribution in [0.2, 0.25) is 0 Å². The monoisotopic (exact) mass is 622 g/mol. The predicted molar refractivity (Wildman–Crippen MR) is 135 cm³/mol. The summed E-state index contributed by atoms with van der Waals surface area (Å²) in [6, 6.07) is 3.05. The van der Waals surface area contributed by atoms with E-state index < -0.39 is 110 Å². The van der Waals surface area contributed by atoms with Crippen LogP contribution in [0.5, 0.6) is 5.75 Å². The summed E-state index contributed by atoms with van der Waals surface area (Å²) in [5.41, 5.74) is -0.261. The maximum Gasteiger partial charge on any atom is 0.364 e. The van der Waals surface area contributed by atoms with Crippen LogP contribution in [-0.2, 0) is 28.5 Å². The number of carbonyl (C=O) groups excluding carboxylic acids is 1. The van der Waals surface area contributed by atoms with E-state index >= 15 is 0 Å². The van der Waals surface area contributed by atoms with Crippen molar-refractivity contribution in [2.45, 2.75) is 73.4 Å². The summed E-state index contributed by atoms with van der Waals surface area (Å²) in [6.07, 6.45) is -17.4. The third-order valence-electron chi connectivity index (χ3n) is 6.87. The molecule has 0 aromatic heterocycles. The summed E-state index contributed by atoms with van der Waals surface area (Å²) in [7, 11) is 1.21. The summed E-state index contributed by atoms with van der Waals surface area (Å²) in [4.78, 5) is 34.7. The normalized spacial score (nSPS) is 34.1. The fourth-order valence-electron chi connectivity index (χ4n) is 4.55. The van der Waals surface area contributed by atoms with Crippen molar-refractivity contribution in [1.29, 1.82) is 0 Å². The minimum Gasteiger partial charge on any atom is -0.477 e. The highest BCUT2D eigenvalue weighted by molar-refractivity contribution is 5.78. The second-order valence-electron chi connectivity index (χ2n) is 9.87. The van der Waals surface area contributed by atoms with Gasteiger partial charge in [0.05, 0.1) is 30.3 Å². The smallest absolute Gasteiger partial charge is 0.364 e. The maximum atomic E-state index is 12.4. The molecule has 0 aliphatic carbocycles. The fourth-order valence-corrected chi connectivity index (χ4v) is 4.55. The van der Waals surface area contributed by atoms with Crippen LogP contribution in [0, 0.1) is 10.1 Å². The Balaban J connectivity index is 1.81. The van der Waals surface area contributed by atoms with Crippen LogP contribution in [0.15, 0.2) is 24.3 Å². The third-order valence-corrected chi connectivity index (χ3v) is 6.87. The first-order valence-corrected chi connectivity index (χ1v) is 12.8. The molecule has 9 N–H and O–H groups in total. The topological polar surface area (TPSA) is 297 Å². The van der Waals surface area contributed by atoms with Crippen LogP contribution < -0.4 is 10.1 Å². The van der Waals surface area contributed by atoms with Crippen LogP contribution >= 0.6 is 0 Å². The number of ether oxygens (including phenoxy) is 5. The number of aliphatic carboxylic acids is 1. The number of aliphatic hydroxyl groups excluding tert-OH is 7. The third kappa shape index (κ3) is 7.91. The predicted octanol–water partition coefficient (Wildman–Crippen LogP) is -4.43. The number of carboxylic acid groups (broad SMARTS) is 1. The number of carboxylic acids is 1. The molecule has 43 heavy (non-hydrogen) atoms. The lowest BCUT2D eigenvalue weighted by atomic mass is 9.88. The average Bonchev–Trinajstić information content (AvgIpc) is 2.97. The lowest BCUT2D eigenvalue weighted by Gasteiger charge is -2.47. The van der Waals surface area contributed by atoms with Gasteiger partial charge in [0.25, 0.3) is 11.5 Å². The molecular formula is C24H34N2O17. The molecule has 3 rings (SSSR count). The average molecular weight is 623 g/mol. The van der Waals surface area contributed by atoms with Gasteiger partial charge >= 0.3 is 5.97 Å². The van der Waals surface area contributed by atoms with Crippen LogP contribution in [0.1, 0.15) is 6.42 Å². The van der Waals surface area contributed by atoms with E-state index in [2.05, 4.69) is 5.32 Å². The Hall–Kier alpha value is -3.08. The van der Waals surface area contributed by atoms with Crippen LogP contribution in [0.4, 0.5) is 5.69 Å². The van der Waals surface area contributed by atoms with E-state index in [1.165, 1.54) is 19.2 Å². The van der Waals surface area contributed by atoms with Gasteiger partial charge in [0.15, 0.2) is 0 Å². The molecule has 0 radical (unpaired) electrons. The second-order valence-corrected chi connectivity index (χ2v) is 9.87. The number of nitro benzene ring substituents is 1. The number of rotatable bonds is 13. The van der Waals surface area contributed by atoms with Crippen molar-refractivity contribution in [2.75, 3.05) is 26.9 Å². The highest BCUT2D eigenvalue weighted by atomic mass is 16.7. The summed E-state index contributed by atoms with van der Waals surface area (Å²) >= 11 is 0. The van der Waals surface area contributed by atoms with Gasteiger partial charge in [0, 0.05) is 25.7 Å². The van der Waals surface area contributed by atoms with Crippen molar-refractivity contribution in [1.82, 2.24) is 5.32 Å². The largest absolute Gasteiger partial charge is 0.477 e. The number of methoxy groups -OCH3 is 1. The van der Waals surface area contributed by atoms with Crippen LogP contribution in [0.3, 0.4) is 0 Å². The van der Waals surface area contributed by atoms with E-state index in [9.17, 15) is 60.6 Å². The number of nitrogens with one attached hydrogen (secondary N) is 1. The zero-order chi connectivity index (χ0) is 32.1. The van der Waals surface area contributed by atoms with Gasteiger partial charge in [0.2, 0.25) is 12.2 Å². The van der Waals surface area contributed by atoms with Gasteiger partial charge in [-0.2, -0.15) is 0 Å². The second kappa shape index (κ2) is 14.6. The standard InChI is InChI=1S/C24H34N2O17/c1-39-9-15(30)25-16-12(28)6-24(23(35)36,43-21(16)17(31)13(29)7-27)40-8-14-18(32)19(33)20(34)22(42-14)41-11-4-2-10(3-5-11)26(37)38/h2-5,12-14,16-22,27-29,31-34H,6-9H2,1H3,(H,25,30)(H,35,36)/t12-,13+,14+,16+,17+,18-,19-,20+,21+,22+,24+/m0/s1. The maximum absolute atomic E-state index is 12.4.